The highest BCUT2D eigenvalue weighted by molar-refractivity contribution is 14.1. The van der Waals surface area contributed by atoms with E-state index in [1.165, 1.54) is 102 Å². The van der Waals surface area contributed by atoms with Gasteiger partial charge in [0, 0.05) is 56.0 Å². The van der Waals surface area contributed by atoms with Gasteiger partial charge in [0.15, 0.2) is 46.5 Å². The quantitative estimate of drug-likeness (QED) is 0.0655. The number of nitrogens with zero attached hydrogens (tertiary/aromatic N) is 6. The zero-order chi connectivity index (χ0) is 64.5. The highest BCUT2D eigenvalue weighted by Gasteiger charge is 2.28. The highest BCUT2D eigenvalue weighted by Crippen LogP contribution is 2.26. The fourth-order valence-corrected chi connectivity index (χ4v) is 10.5. The number of halogens is 9. The van der Waals surface area contributed by atoms with Gasteiger partial charge in [-0.1, -0.05) is 36.8 Å². The van der Waals surface area contributed by atoms with Crippen molar-refractivity contribution >= 4 is 40.4 Å². The number of benzene rings is 4. The Labute approximate surface area is 523 Å². The molecule has 0 unspecified atom stereocenters. The number of aryl methyl sites for hydroxylation is 2. The summed E-state index contributed by atoms with van der Waals surface area (Å²) in [5.41, 5.74) is 8.93. The van der Waals surface area contributed by atoms with Crippen LogP contribution in [-0.4, -0.2) is 86.2 Å². The first-order valence-corrected chi connectivity index (χ1v) is 30.7. The molecule has 4 aromatic carbocycles. The number of hydrogen-bond donors (Lipinski definition) is 2. The van der Waals surface area contributed by atoms with Gasteiger partial charge in [0.2, 0.25) is 5.91 Å². The molecule has 6 aromatic rings. The number of amides is 2. The molecule has 2 aromatic heterocycles. The first-order valence-electron chi connectivity index (χ1n) is 29.6. The largest absolute Gasteiger partial charge is 0.444 e. The van der Waals surface area contributed by atoms with Crippen molar-refractivity contribution in [1.82, 2.24) is 34.7 Å². The van der Waals surface area contributed by atoms with E-state index in [0.717, 1.165) is 92.9 Å². The number of aromatic nitrogens is 4. The van der Waals surface area contributed by atoms with Crippen molar-refractivity contribution in [2.45, 2.75) is 123 Å². The fourth-order valence-electron chi connectivity index (χ4n) is 10.1. The summed E-state index contributed by atoms with van der Waals surface area (Å²) in [4.78, 5) is 49.9. The van der Waals surface area contributed by atoms with Crippen molar-refractivity contribution in [3.63, 3.8) is 0 Å². The number of rotatable bonds is 8. The number of nitrogen functional groups attached to an aromatic ring is 1. The number of nitrogens with one attached hydrogen (secondary N) is 1. The van der Waals surface area contributed by atoms with Gasteiger partial charge in [-0.2, -0.15) is 10.2 Å². The molecule has 4 aliphatic rings. The van der Waals surface area contributed by atoms with Crippen LogP contribution in [0, 0.1) is 67.9 Å². The van der Waals surface area contributed by atoms with Crippen LogP contribution in [0.1, 0.15) is 114 Å². The lowest BCUT2D eigenvalue weighted by Crippen LogP contribution is -2.42. The molecule has 13 nitrogen and oxygen atoms in total. The molecule has 5 heterocycles. The Balaban J connectivity index is 0.000000204. The fraction of sp³-hybridized carbons (Fsp3) is 0.455. The van der Waals surface area contributed by atoms with E-state index < -0.39 is 52.1 Å². The summed E-state index contributed by atoms with van der Waals surface area (Å²) >= 11 is 1.92. The lowest BCUT2D eigenvalue weighted by Gasteiger charge is -2.33. The molecule has 0 atom stereocenters. The summed E-state index contributed by atoms with van der Waals surface area (Å²) in [5.74, 6) is -4.67. The number of carbonyl (C=O) groups is 2. The molecule has 4 fully saturated rings. The summed E-state index contributed by atoms with van der Waals surface area (Å²) in [5, 5.41) is 11.0. The van der Waals surface area contributed by atoms with Gasteiger partial charge in [0.25, 0.3) is 11.1 Å². The number of piperidine rings is 3. The minimum absolute atomic E-state index is 0.0116. The molecule has 1 saturated carbocycles. The zero-order valence-corrected chi connectivity index (χ0v) is 52.9. The van der Waals surface area contributed by atoms with Gasteiger partial charge in [-0.05, 0) is 241 Å². The summed E-state index contributed by atoms with van der Waals surface area (Å²) < 4.78 is 111. The normalized spacial score (nSPS) is 15.5. The van der Waals surface area contributed by atoms with E-state index in [1.54, 1.807) is 48.2 Å². The summed E-state index contributed by atoms with van der Waals surface area (Å²) in [6.07, 6.45) is 14.5. The first kappa shape index (κ1) is 71.8. The van der Waals surface area contributed by atoms with E-state index in [1.807, 2.05) is 43.4 Å². The second-order valence-corrected chi connectivity index (χ2v) is 24.6. The van der Waals surface area contributed by atoms with Crippen LogP contribution < -0.4 is 22.2 Å². The van der Waals surface area contributed by atoms with Gasteiger partial charge in [-0.3, -0.25) is 14.4 Å². The molecule has 3 saturated heterocycles. The number of allylic oxidation sites excluding steroid dienone is 1. The molecule has 1 aliphatic carbocycles. The van der Waals surface area contributed by atoms with Crippen molar-refractivity contribution in [3.05, 3.63) is 202 Å². The monoisotopic (exact) mass is 1340 g/mol. The van der Waals surface area contributed by atoms with Crippen molar-refractivity contribution < 1.29 is 49.4 Å². The number of nitrogens with two attached hydrogens (primary N) is 1. The first-order chi connectivity index (χ1) is 41.7. The SMILES string of the molecule is C=C1CCCCC1.CC(C)(C)OC(=O)N1CCC(Cc2ccc(F)c(F)c2)CC1.Cn1nc(CC(=O)N2CCC(Cc3ccc(F)c(F)c3)CC2)ccc1=O.Cn1nc(N)ccc1=O.Fc1ccc(CC2CCNCC2)cc1F.Fc1ccc(I)cc1F. The van der Waals surface area contributed by atoms with Crippen molar-refractivity contribution in [1.29, 1.82) is 0 Å². The molecule has 0 bridgehead atoms. The van der Waals surface area contributed by atoms with Crippen LogP contribution in [0.2, 0.25) is 0 Å². The second kappa shape index (κ2) is 35.9. The second-order valence-electron chi connectivity index (χ2n) is 23.3. The minimum atomic E-state index is -0.832. The van der Waals surface area contributed by atoms with E-state index in [0.29, 0.717) is 71.9 Å². The Bertz CT molecular complexity index is 3330. The zero-order valence-electron chi connectivity index (χ0n) is 50.7. The molecule has 3 N–H and O–H groups in total. The molecule has 2 amide bonds. The Morgan fingerprint density at radius 1 is 0.568 bits per heavy atom. The predicted octanol–water partition coefficient (Wildman–Crippen LogP) is 13.2. The molecule has 88 heavy (non-hydrogen) atoms. The van der Waals surface area contributed by atoms with Crippen LogP contribution in [-0.2, 0) is 49.3 Å². The average Bonchev–Trinajstić information content (AvgIpc) is 3.70. The van der Waals surface area contributed by atoms with Crippen LogP contribution in [0.4, 0.5) is 45.7 Å². The topological polar surface area (TPSA) is 158 Å². The van der Waals surface area contributed by atoms with Gasteiger partial charge in [-0.15, -0.1) is 0 Å². The number of ether oxygens (including phenoxy) is 1. The molecular formula is C66H81F8IN8O5. The third-order valence-electron chi connectivity index (χ3n) is 15.0. The maximum Gasteiger partial charge on any atom is 0.410 e. The number of hydrogen-bond acceptors (Lipinski definition) is 9. The molecule has 0 spiro atoms. The van der Waals surface area contributed by atoms with E-state index in [-0.39, 0.29) is 29.5 Å². The van der Waals surface area contributed by atoms with Crippen molar-refractivity contribution in [2.24, 2.45) is 31.8 Å². The average molecular weight is 1350 g/mol. The van der Waals surface area contributed by atoms with E-state index >= 15 is 0 Å². The molecule has 478 valence electrons. The van der Waals surface area contributed by atoms with Gasteiger partial charge < -0.3 is 25.6 Å². The van der Waals surface area contributed by atoms with Crippen LogP contribution in [0.3, 0.4) is 0 Å². The van der Waals surface area contributed by atoms with Crippen LogP contribution in [0.15, 0.2) is 119 Å². The van der Waals surface area contributed by atoms with E-state index in [4.69, 9.17) is 10.5 Å². The number of anilines is 1. The maximum absolute atomic E-state index is 13.3. The minimum Gasteiger partial charge on any atom is -0.444 e. The highest BCUT2D eigenvalue weighted by atomic mass is 127. The third kappa shape index (κ3) is 26.0. The smallest absolute Gasteiger partial charge is 0.410 e. The molecule has 22 heteroatoms. The van der Waals surface area contributed by atoms with E-state index in [2.05, 4.69) is 22.1 Å². The molecule has 3 aliphatic heterocycles. The van der Waals surface area contributed by atoms with Crippen molar-refractivity contribution in [3.8, 4) is 0 Å². The molecule has 10 rings (SSSR count). The lowest BCUT2D eigenvalue weighted by atomic mass is 9.90. The summed E-state index contributed by atoms with van der Waals surface area (Å²) in [7, 11) is 3.11. The van der Waals surface area contributed by atoms with Gasteiger partial charge >= 0.3 is 6.09 Å². The summed E-state index contributed by atoms with van der Waals surface area (Å²) in [6, 6.07) is 21.9. The van der Waals surface area contributed by atoms with E-state index in [9.17, 15) is 54.3 Å². The number of carbonyl (C=O) groups excluding carboxylic acids is 2. The Kier molecular flexibility index (Phi) is 29.3. The van der Waals surface area contributed by atoms with Gasteiger partial charge in [-0.25, -0.2) is 49.3 Å². The molecule has 0 radical (unpaired) electrons. The van der Waals surface area contributed by atoms with Crippen LogP contribution in [0.5, 0.6) is 0 Å². The van der Waals surface area contributed by atoms with Crippen LogP contribution in [0.25, 0.3) is 0 Å². The third-order valence-corrected chi connectivity index (χ3v) is 15.7. The standard InChI is InChI=1S/C19H21F2N3O2.C17H23F2NO2.C12H15F2N.C7H12.C6H3F2I.C5H7N3O/c1-23-18(25)5-3-15(22-23)12-19(26)24-8-6-13(7-9-24)10-14-2-4-16(20)17(21)11-14;1-17(2,3)22-16(21)20-8-6-12(7-9-20)10-13-4-5-14(18)15(19)11-13;13-11-2-1-10(8-12(11)14)7-9-3-5-15-6-4-9;1-7-5-3-2-4-6-7;7-5-2-1-4(9)3-6(5)8;1-8-5(9)3-2-4(6)7-8/h2-5,11,13H,6-10,12H2,1H3;4-5,11-12H,6-10H2,1-3H3;1-2,8-9,15H,3-7H2;1-6H2;1-3H;2-3H,1H3,(H2,6,7). The van der Waals surface area contributed by atoms with Crippen LogP contribution >= 0.6 is 22.6 Å². The lowest BCUT2D eigenvalue weighted by molar-refractivity contribution is -0.131. The number of likely N-dealkylation sites (tertiary alicyclic amines) is 2. The van der Waals surface area contributed by atoms with Crippen molar-refractivity contribution in [2.75, 3.05) is 45.0 Å². The predicted molar refractivity (Wildman–Crippen MR) is 334 cm³/mol. The Morgan fingerprint density at radius 3 is 1.35 bits per heavy atom. The van der Waals surface area contributed by atoms with Gasteiger partial charge in [0.1, 0.15) is 11.4 Å². The Hall–Kier alpha value is -6.95. The Morgan fingerprint density at radius 2 is 0.977 bits per heavy atom. The molecular weight excluding hydrogens is 1260 g/mol. The summed E-state index contributed by atoms with van der Waals surface area (Å²) in [6.45, 7) is 14.1. The van der Waals surface area contributed by atoms with Gasteiger partial charge in [0.05, 0.1) is 12.1 Å². The maximum atomic E-state index is 13.3.